The van der Waals surface area contributed by atoms with Crippen LogP contribution in [0.4, 0.5) is 24.5 Å². The van der Waals surface area contributed by atoms with Gasteiger partial charge in [0.1, 0.15) is 0 Å². The fraction of sp³-hybridized carbons (Fsp3) is 0.538. The Hall–Kier alpha value is -1.63. The number of likely N-dealkylation sites (N-methyl/N-ethyl adjacent to an activating group) is 1. The van der Waals surface area contributed by atoms with Gasteiger partial charge in [-0.05, 0) is 31.7 Å². The predicted molar refractivity (Wildman–Crippen MR) is 69.7 cm³/mol. The number of piperazine rings is 1. The lowest BCUT2D eigenvalue weighted by atomic mass is 10.2. The number of hydrogen-bond acceptors (Lipinski definition) is 4. The number of nitrogens with zero attached hydrogens (tertiary/aromatic N) is 2. The van der Waals surface area contributed by atoms with Crippen molar-refractivity contribution >= 4 is 11.4 Å². The molecule has 110 valence electrons. The molecule has 7 heteroatoms. The van der Waals surface area contributed by atoms with Crippen LogP contribution in [0.1, 0.15) is 6.42 Å². The summed E-state index contributed by atoms with van der Waals surface area (Å²) in [6.45, 7) is 1.80. The predicted octanol–water partition coefficient (Wildman–Crippen LogP) is 2.06. The number of alkyl halides is 3. The minimum atomic E-state index is -4.72. The Balaban J connectivity index is 1.77. The first-order valence-corrected chi connectivity index (χ1v) is 6.47. The van der Waals surface area contributed by atoms with Crippen LogP contribution in [0.5, 0.6) is 5.75 Å². The monoisotopic (exact) mass is 287 g/mol. The van der Waals surface area contributed by atoms with Crippen LogP contribution in [0.25, 0.3) is 0 Å². The van der Waals surface area contributed by atoms with Crippen LogP contribution < -0.4 is 15.4 Å². The molecule has 4 nitrogen and oxygen atoms in total. The van der Waals surface area contributed by atoms with Gasteiger partial charge in [-0.3, -0.25) is 4.90 Å². The maximum atomic E-state index is 12.2. The Bertz CT molecular complexity index is 520. The van der Waals surface area contributed by atoms with E-state index < -0.39 is 6.36 Å². The average molecular weight is 287 g/mol. The molecule has 0 spiro atoms. The lowest BCUT2D eigenvalue weighted by Crippen LogP contribution is -2.44. The largest absolute Gasteiger partial charge is 0.573 e. The lowest BCUT2D eigenvalue weighted by molar-refractivity contribution is -0.274. The smallest absolute Gasteiger partial charge is 0.404 e. The maximum absolute atomic E-state index is 12.2. The second kappa shape index (κ2) is 4.44. The molecule has 0 radical (unpaired) electrons. The zero-order valence-corrected chi connectivity index (χ0v) is 11.0. The van der Waals surface area contributed by atoms with E-state index in [1.165, 1.54) is 6.07 Å². The first-order chi connectivity index (χ1) is 9.35. The summed E-state index contributed by atoms with van der Waals surface area (Å²) in [6, 6.07) is 5.48. The van der Waals surface area contributed by atoms with Crippen LogP contribution in [0.3, 0.4) is 0 Å². The van der Waals surface area contributed by atoms with E-state index in [0.717, 1.165) is 25.2 Å². The van der Waals surface area contributed by atoms with Gasteiger partial charge in [-0.25, -0.2) is 0 Å². The van der Waals surface area contributed by atoms with E-state index in [0.29, 0.717) is 12.1 Å². The van der Waals surface area contributed by atoms with Gasteiger partial charge in [0.2, 0.25) is 0 Å². The standard InChI is InChI=1S/C13H16F3N3O/c1-18-4-5-19(11-7-10(11)18)8-2-3-12(9(17)6-8)20-13(14,15)16/h2-3,6,10-11H,4-5,7,17H2,1H3. The molecule has 1 aromatic carbocycles. The van der Waals surface area contributed by atoms with Gasteiger partial charge in [0.15, 0.2) is 5.75 Å². The number of ether oxygens (including phenoxy) is 1. The highest BCUT2D eigenvalue weighted by atomic mass is 19.4. The van der Waals surface area contributed by atoms with Crippen LogP contribution >= 0.6 is 0 Å². The molecular weight excluding hydrogens is 271 g/mol. The third kappa shape index (κ3) is 2.49. The molecule has 1 saturated heterocycles. The molecule has 1 heterocycles. The molecule has 2 atom stereocenters. The zero-order chi connectivity index (χ0) is 14.5. The summed E-state index contributed by atoms with van der Waals surface area (Å²) >= 11 is 0. The number of fused-ring (bicyclic) bond motifs is 1. The van der Waals surface area contributed by atoms with Crippen LogP contribution in [0.15, 0.2) is 18.2 Å². The number of anilines is 2. The molecule has 0 aromatic heterocycles. The molecule has 1 saturated carbocycles. The Morgan fingerprint density at radius 2 is 2.00 bits per heavy atom. The molecule has 3 rings (SSSR count). The van der Waals surface area contributed by atoms with Crippen LogP contribution in [0.2, 0.25) is 0 Å². The van der Waals surface area contributed by atoms with Gasteiger partial charge < -0.3 is 15.4 Å². The minimum absolute atomic E-state index is 0.0101. The van der Waals surface area contributed by atoms with Crippen molar-refractivity contribution in [1.82, 2.24) is 4.90 Å². The molecular formula is C13H16F3N3O. The summed E-state index contributed by atoms with van der Waals surface area (Å²) in [5, 5.41) is 0. The molecule has 2 unspecified atom stereocenters. The molecule has 1 aliphatic heterocycles. The third-order valence-corrected chi connectivity index (χ3v) is 3.93. The number of nitrogens with two attached hydrogens (primary N) is 1. The van der Waals surface area contributed by atoms with Gasteiger partial charge in [0.05, 0.1) is 5.69 Å². The van der Waals surface area contributed by atoms with Gasteiger partial charge in [-0.1, -0.05) is 0 Å². The number of hydrogen-bond donors (Lipinski definition) is 1. The number of rotatable bonds is 2. The Morgan fingerprint density at radius 1 is 1.25 bits per heavy atom. The summed E-state index contributed by atoms with van der Waals surface area (Å²) in [6.07, 6.45) is -3.62. The van der Waals surface area contributed by atoms with Crippen molar-refractivity contribution in [3.63, 3.8) is 0 Å². The van der Waals surface area contributed by atoms with Gasteiger partial charge in [-0.2, -0.15) is 0 Å². The van der Waals surface area contributed by atoms with E-state index in [-0.39, 0.29) is 11.4 Å². The zero-order valence-electron chi connectivity index (χ0n) is 11.0. The molecule has 1 aromatic rings. The van der Waals surface area contributed by atoms with Crippen LogP contribution in [0, 0.1) is 0 Å². The van der Waals surface area contributed by atoms with Crippen molar-refractivity contribution in [2.45, 2.75) is 24.9 Å². The van der Waals surface area contributed by atoms with E-state index in [1.807, 2.05) is 0 Å². The lowest BCUT2D eigenvalue weighted by Gasteiger charge is -2.33. The first kappa shape index (κ1) is 13.4. The normalized spacial score (nSPS) is 26.3. The summed E-state index contributed by atoms with van der Waals surface area (Å²) in [5.74, 6) is -0.345. The SMILES string of the molecule is CN1CCN(c2ccc(OC(F)(F)F)c(N)c2)C2CC21. The summed E-state index contributed by atoms with van der Waals surface area (Å²) < 4.78 is 40.5. The molecule has 2 N–H and O–H groups in total. The van der Waals surface area contributed by atoms with E-state index in [1.54, 1.807) is 12.1 Å². The fourth-order valence-corrected chi connectivity index (χ4v) is 2.83. The van der Waals surface area contributed by atoms with Crippen molar-refractivity contribution in [3.8, 4) is 5.75 Å². The second-order valence-electron chi connectivity index (χ2n) is 5.31. The van der Waals surface area contributed by atoms with E-state index >= 15 is 0 Å². The van der Waals surface area contributed by atoms with Crippen molar-refractivity contribution in [1.29, 1.82) is 0 Å². The highest BCUT2D eigenvalue weighted by molar-refractivity contribution is 5.64. The molecule has 0 bridgehead atoms. The number of benzene rings is 1. The van der Waals surface area contributed by atoms with E-state index in [9.17, 15) is 13.2 Å². The molecule has 0 amide bonds. The first-order valence-electron chi connectivity index (χ1n) is 6.47. The van der Waals surface area contributed by atoms with E-state index in [2.05, 4.69) is 21.6 Å². The number of halogens is 3. The van der Waals surface area contributed by atoms with Gasteiger partial charge in [0, 0.05) is 30.9 Å². The third-order valence-electron chi connectivity index (χ3n) is 3.93. The highest BCUT2D eigenvalue weighted by Gasteiger charge is 2.47. The minimum Gasteiger partial charge on any atom is -0.404 e. The summed E-state index contributed by atoms with van der Waals surface area (Å²) in [5.41, 5.74) is 6.53. The Morgan fingerprint density at radius 3 is 2.65 bits per heavy atom. The van der Waals surface area contributed by atoms with Crippen molar-refractivity contribution < 1.29 is 17.9 Å². The second-order valence-corrected chi connectivity index (χ2v) is 5.31. The van der Waals surface area contributed by atoms with Gasteiger partial charge in [0.25, 0.3) is 0 Å². The van der Waals surface area contributed by atoms with Crippen molar-refractivity contribution in [2.75, 3.05) is 30.8 Å². The fourth-order valence-electron chi connectivity index (χ4n) is 2.83. The van der Waals surface area contributed by atoms with Crippen LogP contribution in [-0.2, 0) is 0 Å². The average Bonchev–Trinajstić information content (AvgIpc) is 3.12. The van der Waals surface area contributed by atoms with Gasteiger partial charge >= 0.3 is 6.36 Å². The Labute approximate surface area is 114 Å². The molecule has 1 aliphatic carbocycles. The molecule has 2 aliphatic rings. The van der Waals surface area contributed by atoms with E-state index in [4.69, 9.17) is 5.73 Å². The summed E-state index contributed by atoms with van der Waals surface area (Å²) in [4.78, 5) is 4.52. The Kier molecular flexibility index (Phi) is 2.97. The maximum Gasteiger partial charge on any atom is 0.573 e. The van der Waals surface area contributed by atoms with Crippen molar-refractivity contribution in [3.05, 3.63) is 18.2 Å². The highest BCUT2D eigenvalue weighted by Crippen LogP contribution is 2.40. The number of nitrogen functional groups attached to an aromatic ring is 1. The quantitative estimate of drug-likeness (QED) is 0.845. The van der Waals surface area contributed by atoms with Crippen LogP contribution in [-0.4, -0.2) is 43.5 Å². The van der Waals surface area contributed by atoms with Gasteiger partial charge in [-0.15, -0.1) is 13.2 Å². The summed E-state index contributed by atoms with van der Waals surface area (Å²) in [7, 11) is 2.09. The topological polar surface area (TPSA) is 41.7 Å². The van der Waals surface area contributed by atoms with Crippen molar-refractivity contribution in [2.24, 2.45) is 0 Å². The molecule has 2 fully saturated rings. The molecule has 20 heavy (non-hydrogen) atoms.